The molecule has 0 amide bonds. The van der Waals surface area contributed by atoms with Gasteiger partial charge in [0.15, 0.2) is 5.82 Å². The molecule has 7 heteroatoms. The molecule has 0 unspecified atom stereocenters. The van der Waals surface area contributed by atoms with Crippen LogP contribution in [0.25, 0.3) is 17.1 Å². The van der Waals surface area contributed by atoms with Crippen LogP contribution in [0.4, 0.5) is 0 Å². The SMILES string of the molecule is Cc1ccnn1-c1ccc(-c2nc(C3(N)CCC3)no2)cc1.Cl. The van der Waals surface area contributed by atoms with Gasteiger partial charge in [-0.1, -0.05) is 5.16 Å². The van der Waals surface area contributed by atoms with Gasteiger partial charge in [-0.2, -0.15) is 10.1 Å². The zero-order valence-electron chi connectivity index (χ0n) is 12.8. The van der Waals surface area contributed by atoms with E-state index in [0.717, 1.165) is 36.2 Å². The molecule has 1 saturated carbocycles. The van der Waals surface area contributed by atoms with Crippen LogP contribution in [0.1, 0.15) is 30.8 Å². The van der Waals surface area contributed by atoms with Gasteiger partial charge < -0.3 is 10.3 Å². The van der Waals surface area contributed by atoms with Crippen LogP contribution in [0.3, 0.4) is 0 Å². The van der Waals surface area contributed by atoms with Crippen molar-refractivity contribution in [1.82, 2.24) is 19.9 Å². The van der Waals surface area contributed by atoms with Gasteiger partial charge in [0, 0.05) is 17.5 Å². The highest BCUT2D eigenvalue weighted by molar-refractivity contribution is 5.85. The Bertz CT molecular complexity index is 804. The van der Waals surface area contributed by atoms with Gasteiger partial charge in [-0.05, 0) is 56.5 Å². The topological polar surface area (TPSA) is 82.8 Å². The Hall–Kier alpha value is -2.18. The average Bonchev–Trinajstić information content (AvgIpc) is 3.14. The molecule has 4 rings (SSSR count). The molecule has 1 fully saturated rings. The number of hydrogen-bond acceptors (Lipinski definition) is 5. The Balaban J connectivity index is 0.00000156. The smallest absolute Gasteiger partial charge is 0.257 e. The van der Waals surface area contributed by atoms with E-state index < -0.39 is 5.54 Å². The fourth-order valence-electron chi connectivity index (χ4n) is 2.71. The van der Waals surface area contributed by atoms with Crippen molar-refractivity contribution < 1.29 is 4.52 Å². The van der Waals surface area contributed by atoms with Crippen molar-refractivity contribution in [2.24, 2.45) is 5.73 Å². The third-order valence-electron chi connectivity index (χ3n) is 4.31. The van der Waals surface area contributed by atoms with E-state index in [-0.39, 0.29) is 12.4 Å². The minimum absolute atomic E-state index is 0. The Morgan fingerprint density at radius 3 is 2.48 bits per heavy atom. The second-order valence-corrected chi connectivity index (χ2v) is 5.86. The predicted octanol–water partition coefficient (Wildman–Crippen LogP) is 2.99. The van der Waals surface area contributed by atoms with Crippen LogP contribution >= 0.6 is 12.4 Å². The Morgan fingerprint density at radius 2 is 1.91 bits per heavy atom. The summed E-state index contributed by atoms with van der Waals surface area (Å²) in [6.45, 7) is 2.02. The fourth-order valence-corrected chi connectivity index (χ4v) is 2.71. The maximum Gasteiger partial charge on any atom is 0.257 e. The summed E-state index contributed by atoms with van der Waals surface area (Å²) in [5, 5.41) is 8.34. The van der Waals surface area contributed by atoms with Crippen molar-refractivity contribution in [2.45, 2.75) is 31.7 Å². The molecule has 0 saturated heterocycles. The third-order valence-corrected chi connectivity index (χ3v) is 4.31. The third kappa shape index (κ3) is 2.64. The molecule has 0 spiro atoms. The minimum atomic E-state index is -0.395. The van der Waals surface area contributed by atoms with E-state index in [1.54, 1.807) is 6.20 Å². The van der Waals surface area contributed by atoms with Crippen LogP contribution in [0.2, 0.25) is 0 Å². The molecule has 23 heavy (non-hydrogen) atoms. The fraction of sp³-hybridized carbons (Fsp3) is 0.312. The monoisotopic (exact) mass is 331 g/mol. The number of halogens is 1. The molecule has 0 radical (unpaired) electrons. The standard InChI is InChI=1S/C16H17N5O.ClH/c1-11-7-10-18-21(11)13-5-3-12(4-6-13)14-19-15(20-22-14)16(17)8-2-9-16;/h3-7,10H,2,8-9,17H2,1H3;1H. The van der Waals surface area contributed by atoms with E-state index in [1.807, 2.05) is 41.9 Å². The molecular weight excluding hydrogens is 314 g/mol. The first-order chi connectivity index (χ1) is 10.7. The molecule has 6 nitrogen and oxygen atoms in total. The van der Waals surface area contributed by atoms with Crippen molar-refractivity contribution in [3.8, 4) is 17.1 Å². The Labute approximate surface area is 140 Å². The predicted molar refractivity (Wildman–Crippen MR) is 88.6 cm³/mol. The zero-order chi connectivity index (χ0) is 15.2. The van der Waals surface area contributed by atoms with Crippen LogP contribution in [0.15, 0.2) is 41.1 Å². The molecule has 2 heterocycles. The molecule has 2 N–H and O–H groups in total. The molecule has 0 bridgehead atoms. The van der Waals surface area contributed by atoms with Crippen LogP contribution in [0, 0.1) is 6.92 Å². The van der Waals surface area contributed by atoms with Crippen molar-refractivity contribution in [2.75, 3.05) is 0 Å². The average molecular weight is 332 g/mol. The maximum absolute atomic E-state index is 6.22. The summed E-state index contributed by atoms with van der Waals surface area (Å²) in [5.74, 6) is 1.12. The van der Waals surface area contributed by atoms with Gasteiger partial charge in [0.25, 0.3) is 5.89 Å². The lowest BCUT2D eigenvalue weighted by atomic mass is 9.77. The van der Waals surface area contributed by atoms with Crippen molar-refractivity contribution in [3.05, 3.63) is 48.0 Å². The number of aromatic nitrogens is 4. The summed E-state index contributed by atoms with van der Waals surface area (Å²) in [7, 11) is 0. The Kier molecular flexibility index (Phi) is 3.95. The first-order valence-corrected chi connectivity index (χ1v) is 7.40. The molecule has 1 aliphatic carbocycles. The number of benzene rings is 1. The number of nitrogens with two attached hydrogens (primary N) is 1. The summed E-state index contributed by atoms with van der Waals surface area (Å²) in [4.78, 5) is 4.46. The normalized spacial score (nSPS) is 15.7. The zero-order valence-corrected chi connectivity index (χ0v) is 13.6. The second-order valence-electron chi connectivity index (χ2n) is 5.86. The van der Waals surface area contributed by atoms with Gasteiger partial charge in [0.2, 0.25) is 0 Å². The van der Waals surface area contributed by atoms with E-state index >= 15 is 0 Å². The summed E-state index contributed by atoms with van der Waals surface area (Å²) >= 11 is 0. The van der Waals surface area contributed by atoms with Gasteiger partial charge in [0.1, 0.15) is 0 Å². The molecule has 0 atom stereocenters. The second kappa shape index (κ2) is 5.79. The summed E-state index contributed by atoms with van der Waals surface area (Å²) < 4.78 is 7.24. The van der Waals surface area contributed by atoms with Crippen LogP contribution in [0.5, 0.6) is 0 Å². The highest BCUT2D eigenvalue weighted by atomic mass is 35.5. The molecular formula is C16H18ClN5O. The van der Waals surface area contributed by atoms with Crippen molar-refractivity contribution in [1.29, 1.82) is 0 Å². The number of rotatable bonds is 3. The summed E-state index contributed by atoms with van der Waals surface area (Å²) in [5.41, 5.74) is 8.80. The lowest BCUT2D eigenvalue weighted by molar-refractivity contribution is 0.229. The maximum atomic E-state index is 6.22. The van der Waals surface area contributed by atoms with Crippen molar-refractivity contribution in [3.63, 3.8) is 0 Å². The van der Waals surface area contributed by atoms with Gasteiger partial charge in [0.05, 0.1) is 11.2 Å². The van der Waals surface area contributed by atoms with E-state index in [0.29, 0.717) is 11.7 Å². The van der Waals surface area contributed by atoms with E-state index in [2.05, 4.69) is 15.2 Å². The summed E-state index contributed by atoms with van der Waals surface area (Å²) in [6.07, 6.45) is 4.75. The van der Waals surface area contributed by atoms with Crippen LogP contribution < -0.4 is 5.73 Å². The number of aryl methyl sites for hydroxylation is 1. The first-order valence-electron chi connectivity index (χ1n) is 7.40. The Morgan fingerprint density at radius 1 is 1.17 bits per heavy atom. The first kappa shape index (κ1) is 15.7. The van der Waals surface area contributed by atoms with Crippen LogP contribution in [-0.4, -0.2) is 19.9 Å². The molecule has 120 valence electrons. The highest BCUT2D eigenvalue weighted by Gasteiger charge is 2.39. The quantitative estimate of drug-likeness (QED) is 0.797. The lowest BCUT2D eigenvalue weighted by Crippen LogP contribution is -2.44. The number of hydrogen-bond donors (Lipinski definition) is 1. The highest BCUT2D eigenvalue weighted by Crippen LogP contribution is 2.37. The summed E-state index contributed by atoms with van der Waals surface area (Å²) in [6, 6.07) is 9.86. The van der Waals surface area contributed by atoms with Gasteiger partial charge in [-0.25, -0.2) is 4.68 Å². The van der Waals surface area contributed by atoms with Gasteiger partial charge in [-0.15, -0.1) is 12.4 Å². The molecule has 1 aliphatic rings. The van der Waals surface area contributed by atoms with Crippen LogP contribution in [-0.2, 0) is 5.54 Å². The van der Waals surface area contributed by atoms with Gasteiger partial charge >= 0.3 is 0 Å². The van der Waals surface area contributed by atoms with E-state index in [1.165, 1.54) is 0 Å². The van der Waals surface area contributed by atoms with Crippen molar-refractivity contribution >= 4 is 12.4 Å². The minimum Gasteiger partial charge on any atom is -0.334 e. The van der Waals surface area contributed by atoms with E-state index in [4.69, 9.17) is 10.3 Å². The molecule has 3 aromatic rings. The molecule has 0 aliphatic heterocycles. The van der Waals surface area contributed by atoms with Gasteiger partial charge in [-0.3, -0.25) is 0 Å². The largest absolute Gasteiger partial charge is 0.334 e. The van der Waals surface area contributed by atoms with E-state index in [9.17, 15) is 0 Å². The molecule has 1 aromatic carbocycles. The molecule has 2 aromatic heterocycles. The lowest BCUT2D eigenvalue weighted by Gasteiger charge is -2.34. The number of nitrogens with zero attached hydrogens (tertiary/aromatic N) is 4.